The molecule has 0 atom stereocenters. The molecule has 1 N–H and O–H groups in total. The Bertz CT molecular complexity index is 468. The van der Waals surface area contributed by atoms with E-state index < -0.39 is 0 Å². The van der Waals surface area contributed by atoms with Gasteiger partial charge in [0.15, 0.2) is 0 Å². The van der Waals surface area contributed by atoms with Gasteiger partial charge in [-0.05, 0) is 12.0 Å². The third-order valence-corrected chi connectivity index (χ3v) is 3.78. The first kappa shape index (κ1) is 39.9. The zero-order chi connectivity index (χ0) is 26.1. The first-order valence-electron chi connectivity index (χ1n) is 12.6. The maximum atomic E-state index is 8.54. The zero-order valence-corrected chi connectivity index (χ0v) is 23.7. The fourth-order valence-corrected chi connectivity index (χ4v) is 2.29. The van der Waals surface area contributed by atoms with Crippen LogP contribution in [0.3, 0.4) is 0 Å². The van der Waals surface area contributed by atoms with E-state index in [1.165, 1.54) is 5.56 Å². The van der Waals surface area contributed by atoms with Gasteiger partial charge in [-0.25, -0.2) is 0 Å². The largest absolute Gasteiger partial charge is 0.394 e. The maximum Gasteiger partial charge on any atom is 0.0716 e. The molecule has 8 nitrogen and oxygen atoms in total. The van der Waals surface area contributed by atoms with Crippen molar-refractivity contribution in [1.29, 1.82) is 0 Å². The third-order valence-electron chi connectivity index (χ3n) is 3.78. The highest BCUT2D eigenvalue weighted by atomic mass is 79.9. The van der Waals surface area contributed by atoms with Crippen molar-refractivity contribution in [3.63, 3.8) is 0 Å². The molecule has 0 saturated carbocycles. The number of alkyl halides is 1. The Morgan fingerprint density at radius 2 is 0.917 bits per heavy atom. The second-order valence-electron chi connectivity index (χ2n) is 6.56. The lowest BCUT2D eigenvalue weighted by atomic mass is 10.2. The van der Waals surface area contributed by atoms with E-state index in [0.29, 0.717) is 92.5 Å². The normalized spacial score (nSPS) is 10.0. The van der Waals surface area contributed by atoms with Gasteiger partial charge in [-0.1, -0.05) is 74.5 Å². The quantitative estimate of drug-likeness (QED) is 0.146. The van der Waals surface area contributed by atoms with Crippen molar-refractivity contribution in [2.24, 2.45) is 0 Å². The zero-order valence-electron chi connectivity index (χ0n) is 22.1. The van der Waals surface area contributed by atoms with Crippen LogP contribution in [0.4, 0.5) is 0 Å². The van der Waals surface area contributed by atoms with Gasteiger partial charge in [-0.15, -0.1) is 0 Å². The molecule has 0 unspecified atom stereocenters. The number of hydrogen-bond donors (Lipinski definition) is 1. The van der Waals surface area contributed by atoms with E-state index in [1.54, 1.807) is 0 Å². The summed E-state index contributed by atoms with van der Waals surface area (Å²) < 4.78 is 37.7. The van der Waals surface area contributed by atoms with E-state index in [4.69, 9.17) is 38.3 Å². The van der Waals surface area contributed by atoms with Crippen LogP contribution in [-0.4, -0.2) is 103 Å². The Morgan fingerprint density at radius 1 is 0.583 bits per heavy atom. The number of rotatable bonds is 23. The Kier molecular flexibility index (Phi) is 43.1. The van der Waals surface area contributed by atoms with Gasteiger partial charge in [0.25, 0.3) is 0 Å². The molecule has 0 bridgehead atoms. The average molecular weight is 586 g/mol. The fraction of sp³-hybridized carbons (Fsp3) is 0.778. The van der Waals surface area contributed by atoms with E-state index in [-0.39, 0.29) is 14.0 Å². The average Bonchev–Trinajstić information content (AvgIpc) is 2.89. The minimum atomic E-state index is 0. The molecule has 0 aliphatic heterocycles. The molecular formula is C27H53BrO8. The summed E-state index contributed by atoms with van der Waals surface area (Å²) in [4.78, 5) is 0. The molecular weight excluding hydrogens is 532 g/mol. The lowest BCUT2D eigenvalue weighted by Gasteiger charge is -2.08. The molecule has 0 saturated heterocycles. The number of benzene rings is 1. The first-order chi connectivity index (χ1) is 17.3. The van der Waals surface area contributed by atoms with Gasteiger partial charge in [0, 0.05) is 18.5 Å². The van der Waals surface area contributed by atoms with Gasteiger partial charge in [-0.2, -0.15) is 0 Å². The molecule has 0 aliphatic carbocycles. The lowest BCUT2D eigenvalue weighted by molar-refractivity contribution is -0.0190. The topological polar surface area (TPSA) is 84.8 Å². The van der Waals surface area contributed by atoms with Crippen molar-refractivity contribution in [1.82, 2.24) is 0 Å². The summed E-state index contributed by atoms with van der Waals surface area (Å²) in [5, 5.41) is 9.60. The van der Waals surface area contributed by atoms with Crippen molar-refractivity contribution in [2.45, 2.75) is 41.2 Å². The molecule has 0 heterocycles. The number of halogens is 1. The van der Waals surface area contributed by atoms with Crippen LogP contribution in [0.1, 0.15) is 40.2 Å². The van der Waals surface area contributed by atoms with Crippen LogP contribution < -0.4 is 0 Å². The monoisotopic (exact) mass is 584 g/mol. The van der Waals surface area contributed by atoms with Crippen LogP contribution in [0.5, 0.6) is 0 Å². The van der Waals surface area contributed by atoms with Gasteiger partial charge >= 0.3 is 0 Å². The number of aliphatic hydroxyl groups excluding tert-OH is 1. The van der Waals surface area contributed by atoms with Crippen LogP contribution in [0, 0.1) is 0 Å². The van der Waals surface area contributed by atoms with Crippen molar-refractivity contribution in [2.75, 3.05) is 97.8 Å². The van der Waals surface area contributed by atoms with Gasteiger partial charge in [-0.3, -0.25) is 0 Å². The molecule has 216 valence electrons. The van der Waals surface area contributed by atoms with Crippen molar-refractivity contribution in [3.05, 3.63) is 35.9 Å². The second kappa shape index (κ2) is 38.9. The molecule has 1 aromatic rings. The van der Waals surface area contributed by atoms with Crippen LogP contribution in [0.15, 0.2) is 30.3 Å². The smallest absolute Gasteiger partial charge is 0.0716 e. The van der Waals surface area contributed by atoms with Gasteiger partial charge in [0.2, 0.25) is 0 Å². The van der Waals surface area contributed by atoms with Crippen molar-refractivity contribution in [3.8, 4) is 0 Å². The summed E-state index contributed by atoms with van der Waals surface area (Å²) in [5.41, 5.74) is 1.19. The standard InChI is InChI=1S/C22H38O8.C2H5Br.C2H6.CH4/c23-7-10-25-12-14-27-16-18-29-20-19-28-17-15-26-13-11-24-8-4-9-30-21-22-5-2-1-3-6-22;1-2-3;1-2;/h1-3,5-6,23H,4,7-21H2;2H2,1H3;1-2H3;1H4. The van der Waals surface area contributed by atoms with E-state index >= 15 is 0 Å². The molecule has 1 rings (SSSR count). The first-order valence-corrected chi connectivity index (χ1v) is 13.7. The maximum absolute atomic E-state index is 8.54. The minimum absolute atomic E-state index is 0. The van der Waals surface area contributed by atoms with Crippen molar-refractivity contribution >= 4 is 15.9 Å². The van der Waals surface area contributed by atoms with Gasteiger partial charge < -0.3 is 38.3 Å². The Morgan fingerprint density at radius 3 is 1.31 bits per heavy atom. The predicted molar refractivity (Wildman–Crippen MR) is 150 cm³/mol. The Hall–Kier alpha value is -0.620. The molecule has 1 aromatic carbocycles. The van der Waals surface area contributed by atoms with Crippen LogP contribution >= 0.6 is 15.9 Å². The molecule has 0 radical (unpaired) electrons. The minimum Gasteiger partial charge on any atom is -0.394 e. The van der Waals surface area contributed by atoms with E-state index in [1.807, 2.05) is 39.0 Å². The fourth-order valence-electron chi connectivity index (χ4n) is 2.29. The SMILES string of the molecule is C.CC.CCBr.OCCOCCOCCOCCOCCOCCOCCCOCc1ccccc1. The molecule has 0 aliphatic rings. The molecule has 9 heteroatoms. The van der Waals surface area contributed by atoms with Crippen LogP contribution in [0.2, 0.25) is 0 Å². The van der Waals surface area contributed by atoms with Crippen molar-refractivity contribution < 1.29 is 38.3 Å². The summed E-state index contributed by atoms with van der Waals surface area (Å²) in [7, 11) is 0. The summed E-state index contributed by atoms with van der Waals surface area (Å²) in [5.74, 6) is 0. The highest BCUT2D eigenvalue weighted by molar-refractivity contribution is 9.09. The highest BCUT2D eigenvalue weighted by Gasteiger charge is 1.95. The predicted octanol–water partition coefficient (Wildman–Crippen LogP) is 4.75. The van der Waals surface area contributed by atoms with Gasteiger partial charge in [0.05, 0.1) is 85.9 Å². The lowest BCUT2D eigenvalue weighted by Crippen LogP contribution is -2.14. The molecule has 0 amide bonds. The summed E-state index contributed by atoms with van der Waals surface area (Å²) >= 11 is 3.15. The summed E-state index contributed by atoms with van der Waals surface area (Å²) in [6, 6.07) is 10.1. The second-order valence-corrected chi connectivity index (χ2v) is 7.68. The molecule has 36 heavy (non-hydrogen) atoms. The molecule has 0 aromatic heterocycles. The summed E-state index contributed by atoms with van der Waals surface area (Å²) in [6.45, 7) is 13.7. The van der Waals surface area contributed by atoms with Crippen LogP contribution in [0.25, 0.3) is 0 Å². The number of hydrogen-bond acceptors (Lipinski definition) is 8. The van der Waals surface area contributed by atoms with Crippen LogP contribution in [-0.2, 0) is 39.8 Å². The van der Waals surface area contributed by atoms with E-state index in [2.05, 4.69) is 28.1 Å². The summed E-state index contributed by atoms with van der Waals surface area (Å²) in [6.07, 6.45) is 0.873. The van der Waals surface area contributed by atoms with E-state index in [0.717, 1.165) is 11.8 Å². The third kappa shape index (κ3) is 35.5. The van der Waals surface area contributed by atoms with Gasteiger partial charge in [0.1, 0.15) is 0 Å². The molecule has 0 spiro atoms. The molecule has 0 fully saturated rings. The number of aliphatic hydroxyl groups is 1. The Balaban J connectivity index is -0.00000168. The van der Waals surface area contributed by atoms with E-state index in [9.17, 15) is 0 Å². The number of ether oxygens (including phenoxy) is 7. The highest BCUT2D eigenvalue weighted by Crippen LogP contribution is 2.00. The Labute approximate surface area is 229 Å².